The first kappa shape index (κ1) is 15.8. The fraction of sp³-hybridized carbons (Fsp3) is 0.533. The third-order valence-corrected chi connectivity index (χ3v) is 3.70. The normalized spacial score (nSPS) is 16.7. The monoisotopic (exact) mass is 293 g/mol. The Labute approximate surface area is 125 Å². The highest BCUT2D eigenvalue weighted by Gasteiger charge is 2.16. The third-order valence-electron chi connectivity index (χ3n) is 3.70. The Balaban J connectivity index is 1.74. The Bertz CT molecular complexity index is 442. The Morgan fingerprint density at radius 1 is 1.19 bits per heavy atom. The van der Waals surface area contributed by atoms with Gasteiger partial charge in [-0.25, -0.2) is 0 Å². The number of methoxy groups -OCH3 is 1. The van der Waals surface area contributed by atoms with Crippen molar-refractivity contribution < 1.29 is 14.6 Å². The summed E-state index contributed by atoms with van der Waals surface area (Å²) >= 11 is 0. The van der Waals surface area contributed by atoms with Crippen LogP contribution < -0.4 is 10.1 Å². The van der Waals surface area contributed by atoms with Crippen molar-refractivity contribution >= 4 is 5.91 Å². The lowest BCUT2D eigenvalue weighted by Crippen LogP contribution is -2.50. The van der Waals surface area contributed by atoms with Crippen LogP contribution in [0.2, 0.25) is 0 Å². The molecule has 1 saturated heterocycles. The summed E-state index contributed by atoms with van der Waals surface area (Å²) in [6, 6.07) is 7.08. The van der Waals surface area contributed by atoms with Crippen LogP contribution in [0.25, 0.3) is 0 Å². The Kier molecular flexibility index (Phi) is 5.98. The summed E-state index contributed by atoms with van der Waals surface area (Å²) in [6.07, 6.45) is 0. The second-order valence-corrected chi connectivity index (χ2v) is 5.08. The number of ether oxygens (including phenoxy) is 1. The molecule has 1 amide bonds. The molecule has 0 aromatic heterocycles. The summed E-state index contributed by atoms with van der Waals surface area (Å²) in [6.45, 7) is 5.15. The van der Waals surface area contributed by atoms with Gasteiger partial charge in [-0.15, -0.1) is 0 Å². The molecule has 1 heterocycles. The zero-order valence-corrected chi connectivity index (χ0v) is 12.4. The molecule has 2 rings (SSSR count). The van der Waals surface area contributed by atoms with Gasteiger partial charge in [0.2, 0.25) is 0 Å². The zero-order chi connectivity index (χ0) is 15.1. The minimum absolute atomic E-state index is 0.0737. The summed E-state index contributed by atoms with van der Waals surface area (Å²) in [5.74, 6) is 0.669. The maximum Gasteiger partial charge on any atom is 0.252 e. The highest BCUT2D eigenvalue weighted by molar-refractivity contribution is 5.94. The van der Waals surface area contributed by atoms with E-state index in [-0.39, 0.29) is 12.5 Å². The van der Waals surface area contributed by atoms with E-state index in [2.05, 4.69) is 15.1 Å². The van der Waals surface area contributed by atoms with Crippen LogP contribution in [0.5, 0.6) is 5.75 Å². The highest BCUT2D eigenvalue weighted by Crippen LogP contribution is 2.11. The number of carbonyl (C=O) groups excluding carboxylic acids is 1. The molecular formula is C15H23N3O3. The third kappa shape index (κ3) is 4.70. The lowest BCUT2D eigenvalue weighted by atomic mass is 10.2. The van der Waals surface area contributed by atoms with Crippen LogP contribution in [0.15, 0.2) is 24.3 Å². The van der Waals surface area contributed by atoms with E-state index in [1.165, 1.54) is 0 Å². The van der Waals surface area contributed by atoms with E-state index in [0.717, 1.165) is 38.5 Å². The highest BCUT2D eigenvalue weighted by atomic mass is 16.5. The van der Waals surface area contributed by atoms with Gasteiger partial charge in [0.1, 0.15) is 5.75 Å². The van der Waals surface area contributed by atoms with Crippen LogP contribution in [-0.2, 0) is 0 Å². The number of aliphatic hydroxyl groups is 1. The number of β-amino-alcohol motifs (C(OH)–C–C–N with tert-alkyl or cyclic N) is 1. The van der Waals surface area contributed by atoms with E-state index < -0.39 is 0 Å². The molecule has 1 fully saturated rings. The standard InChI is InChI=1S/C15H23N3O3/c1-21-14-4-2-13(3-5-14)15(20)16-12-18-8-6-17(7-9-18)10-11-19/h2-5,19H,6-12H2,1H3,(H,16,20). The molecule has 0 saturated carbocycles. The summed E-state index contributed by atoms with van der Waals surface area (Å²) in [5.41, 5.74) is 0.634. The molecule has 0 spiro atoms. The number of hydrogen-bond acceptors (Lipinski definition) is 5. The van der Waals surface area contributed by atoms with Gasteiger partial charge in [0.15, 0.2) is 0 Å². The zero-order valence-electron chi connectivity index (χ0n) is 12.4. The smallest absolute Gasteiger partial charge is 0.252 e. The van der Waals surface area contributed by atoms with Crippen LogP contribution in [0.4, 0.5) is 0 Å². The quantitative estimate of drug-likeness (QED) is 0.772. The molecule has 1 aliphatic rings. The van der Waals surface area contributed by atoms with Crippen molar-refractivity contribution in [1.82, 2.24) is 15.1 Å². The molecule has 0 aliphatic carbocycles. The van der Waals surface area contributed by atoms with Gasteiger partial charge in [0, 0.05) is 38.3 Å². The first-order valence-electron chi connectivity index (χ1n) is 7.21. The molecule has 0 unspecified atom stereocenters. The molecule has 1 aromatic carbocycles. The number of rotatable bonds is 6. The number of benzene rings is 1. The second kappa shape index (κ2) is 7.97. The van der Waals surface area contributed by atoms with Crippen molar-refractivity contribution in [2.24, 2.45) is 0 Å². The lowest BCUT2D eigenvalue weighted by molar-refractivity contribution is 0.0847. The number of piperazine rings is 1. The summed E-state index contributed by atoms with van der Waals surface area (Å²) < 4.78 is 5.07. The molecule has 21 heavy (non-hydrogen) atoms. The van der Waals surface area contributed by atoms with Crippen LogP contribution in [0, 0.1) is 0 Å². The van der Waals surface area contributed by atoms with Gasteiger partial charge in [-0.2, -0.15) is 0 Å². The summed E-state index contributed by atoms with van der Waals surface area (Å²) in [5, 5.41) is 11.8. The number of hydrogen-bond donors (Lipinski definition) is 2. The molecule has 1 aromatic rings. The molecular weight excluding hydrogens is 270 g/mol. The Morgan fingerprint density at radius 3 is 2.38 bits per heavy atom. The first-order valence-corrected chi connectivity index (χ1v) is 7.21. The number of nitrogens with zero attached hydrogens (tertiary/aromatic N) is 2. The Morgan fingerprint density at radius 2 is 1.81 bits per heavy atom. The molecule has 2 N–H and O–H groups in total. The Hall–Kier alpha value is -1.63. The lowest BCUT2D eigenvalue weighted by Gasteiger charge is -2.34. The first-order chi connectivity index (χ1) is 10.2. The van der Waals surface area contributed by atoms with Crippen molar-refractivity contribution in [2.75, 3.05) is 53.1 Å². The van der Waals surface area contributed by atoms with Gasteiger partial charge in [-0.3, -0.25) is 14.6 Å². The maximum absolute atomic E-state index is 12.0. The average molecular weight is 293 g/mol. The van der Waals surface area contributed by atoms with E-state index in [1.54, 1.807) is 31.4 Å². The van der Waals surface area contributed by atoms with Gasteiger partial charge in [0.25, 0.3) is 5.91 Å². The predicted molar refractivity (Wildman–Crippen MR) is 80.4 cm³/mol. The summed E-state index contributed by atoms with van der Waals surface area (Å²) in [7, 11) is 1.60. The predicted octanol–water partition coefficient (Wildman–Crippen LogP) is -0.00760. The van der Waals surface area contributed by atoms with Crippen molar-refractivity contribution in [3.8, 4) is 5.75 Å². The SMILES string of the molecule is COc1ccc(C(=O)NCN2CCN(CCO)CC2)cc1. The molecule has 1 aliphatic heterocycles. The van der Waals surface area contributed by atoms with Crippen molar-refractivity contribution in [3.63, 3.8) is 0 Å². The van der Waals surface area contributed by atoms with Crippen molar-refractivity contribution in [3.05, 3.63) is 29.8 Å². The fourth-order valence-corrected chi connectivity index (χ4v) is 2.34. The number of aliphatic hydroxyl groups excluding tert-OH is 1. The van der Waals surface area contributed by atoms with E-state index in [4.69, 9.17) is 9.84 Å². The molecule has 0 radical (unpaired) electrons. The van der Waals surface area contributed by atoms with Crippen LogP contribution in [0.1, 0.15) is 10.4 Å². The van der Waals surface area contributed by atoms with Gasteiger partial charge < -0.3 is 15.2 Å². The average Bonchev–Trinajstić information content (AvgIpc) is 2.54. The van der Waals surface area contributed by atoms with E-state index in [1.807, 2.05) is 0 Å². The van der Waals surface area contributed by atoms with Crippen molar-refractivity contribution in [1.29, 1.82) is 0 Å². The van der Waals surface area contributed by atoms with Gasteiger partial charge in [0.05, 0.1) is 20.4 Å². The minimum Gasteiger partial charge on any atom is -0.497 e. The molecule has 0 atom stereocenters. The summed E-state index contributed by atoms with van der Waals surface area (Å²) in [4.78, 5) is 16.5. The van der Waals surface area contributed by atoms with Gasteiger partial charge >= 0.3 is 0 Å². The molecule has 6 heteroatoms. The van der Waals surface area contributed by atoms with Crippen LogP contribution in [-0.4, -0.2) is 73.9 Å². The molecule has 0 bridgehead atoms. The second-order valence-electron chi connectivity index (χ2n) is 5.08. The largest absolute Gasteiger partial charge is 0.497 e. The van der Waals surface area contributed by atoms with Gasteiger partial charge in [-0.1, -0.05) is 0 Å². The van der Waals surface area contributed by atoms with Crippen molar-refractivity contribution in [2.45, 2.75) is 0 Å². The van der Waals surface area contributed by atoms with Crippen LogP contribution in [0.3, 0.4) is 0 Å². The van der Waals surface area contributed by atoms with E-state index in [9.17, 15) is 4.79 Å². The van der Waals surface area contributed by atoms with Crippen LogP contribution >= 0.6 is 0 Å². The van der Waals surface area contributed by atoms with Gasteiger partial charge in [-0.05, 0) is 24.3 Å². The van der Waals surface area contributed by atoms with E-state index >= 15 is 0 Å². The van der Waals surface area contributed by atoms with E-state index in [0.29, 0.717) is 12.2 Å². The number of amides is 1. The number of nitrogens with one attached hydrogen (secondary N) is 1. The number of carbonyl (C=O) groups is 1. The minimum atomic E-state index is -0.0737. The topological polar surface area (TPSA) is 65.0 Å². The fourth-order valence-electron chi connectivity index (χ4n) is 2.34. The molecule has 116 valence electrons. The molecule has 6 nitrogen and oxygen atoms in total. The maximum atomic E-state index is 12.0.